The zero-order valence-electron chi connectivity index (χ0n) is 8.81. The number of fused-ring (bicyclic) bond motifs is 1. The van der Waals surface area contributed by atoms with Crippen LogP contribution in [-0.4, -0.2) is 19.6 Å². The van der Waals surface area contributed by atoms with E-state index in [-0.39, 0.29) is 5.15 Å². The second-order valence-electron chi connectivity index (χ2n) is 3.55. The predicted octanol–water partition coefficient (Wildman–Crippen LogP) is 3.75. The van der Waals surface area contributed by atoms with E-state index in [4.69, 9.17) is 34.8 Å². The number of halogens is 3. The van der Waals surface area contributed by atoms with Crippen LogP contribution >= 0.6 is 34.8 Å². The Morgan fingerprint density at radius 3 is 2.72 bits per heavy atom. The van der Waals surface area contributed by atoms with Gasteiger partial charge in [-0.2, -0.15) is 19.6 Å². The summed E-state index contributed by atoms with van der Waals surface area (Å²) in [4.78, 5) is 8.07. The average molecular weight is 300 g/mol. The summed E-state index contributed by atoms with van der Waals surface area (Å²) in [6, 6.07) is 7.20. The lowest BCUT2D eigenvalue weighted by atomic mass is 10.1. The third kappa shape index (κ3) is 1.82. The summed E-state index contributed by atoms with van der Waals surface area (Å²) in [5.41, 5.74) is 1.36. The van der Waals surface area contributed by atoms with Gasteiger partial charge in [-0.1, -0.05) is 46.9 Å². The van der Waals surface area contributed by atoms with Crippen LogP contribution in [0.15, 0.2) is 30.6 Å². The maximum Gasteiger partial charge on any atom is 0.255 e. The lowest BCUT2D eigenvalue weighted by Crippen LogP contribution is -1.97. The molecule has 0 saturated carbocycles. The summed E-state index contributed by atoms with van der Waals surface area (Å²) >= 11 is 18.4. The van der Waals surface area contributed by atoms with Crippen molar-refractivity contribution in [1.82, 2.24) is 19.6 Å². The van der Waals surface area contributed by atoms with Crippen LogP contribution in [0.5, 0.6) is 0 Å². The smallest absolute Gasteiger partial charge is 0.198 e. The first-order valence-corrected chi connectivity index (χ1v) is 6.11. The van der Waals surface area contributed by atoms with E-state index in [0.717, 1.165) is 5.56 Å². The quantitative estimate of drug-likeness (QED) is 0.643. The minimum atomic E-state index is 0.266. The molecule has 90 valence electrons. The van der Waals surface area contributed by atoms with E-state index in [1.807, 2.05) is 12.1 Å². The normalized spacial score (nSPS) is 11.1. The van der Waals surface area contributed by atoms with Crippen molar-refractivity contribution in [2.24, 2.45) is 0 Å². The minimum Gasteiger partial charge on any atom is -0.198 e. The van der Waals surface area contributed by atoms with Crippen molar-refractivity contribution < 1.29 is 0 Å². The van der Waals surface area contributed by atoms with Crippen molar-refractivity contribution in [1.29, 1.82) is 0 Å². The fourth-order valence-corrected chi connectivity index (χ4v) is 2.50. The van der Waals surface area contributed by atoms with E-state index in [1.54, 1.807) is 12.1 Å². The Hall–Kier alpha value is -1.36. The lowest BCUT2D eigenvalue weighted by molar-refractivity contribution is 0.942. The summed E-state index contributed by atoms with van der Waals surface area (Å²) in [5.74, 6) is 0.357. The molecule has 0 saturated heterocycles. The number of hydrogen-bond acceptors (Lipinski definition) is 3. The maximum atomic E-state index is 6.27. The standard InChI is InChI=1S/C11H5Cl3N4/c12-7-3-1-2-6(4-7)8-9(13)17-11-15-5-16-18(11)10(8)14/h1-5H. The Morgan fingerprint density at radius 1 is 1.11 bits per heavy atom. The van der Waals surface area contributed by atoms with Gasteiger partial charge in [0.2, 0.25) is 0 Å². The average Bonchev–Trinajstić information content (AvgIpc) is 2.77. The molecular weight excluding hydrogens is 295 g/mol. The summed E-state index contributed by atoms with van der Waals surface area (Å²) in [5, 5.41) is 5.20. The topological polar surface area (TPSA) is 43.1 Å². The molecule has 0 aliphatic rings. The van der Waals surface area contributed by atoms with Crippen LogP contribution in [0.1, 0.15) is 0 Å². The van der Waals surface area contributed by atoms with Gasteiger partial charge in [-0.05, 0) is 17.7 Å². The third-order valence-electron chi connectivity index (χ3n) is 2.44. The molecule has 1 aromatic carbocycles. The number of hydrogen-bond donors (Lipinski definition) is 0. The van der Waals surface area contributed by atoms with Gasteiger partial charge in [0.1, 0.15) is 16.6 Å². The molecule has 0 atom stereocenters. The van der Waals surface area contributed by atoms with Gasteiger partial charge in [0, 0.05) is 5.02 Å². The Balaban J connectivity index is 2.34. The SMILES string of the molecule is Clc1cccc(-c2c(Cl)nc3ncnn3c2Cl)c1. The molecule has 0 spiro atoms. The molecule has 4 nitrogen and oxygen atoms in total. The Morgan fingerprint density at radius 2 is 1.94 bits per heavy atom. The molecule has 2 heterocycles. The summed E-state index contributed by atoms with van der Waals surface area (Å²) in [6.45, 7) is 0. The van der Waals surface area contributed by atoms with Gasteiger partial charge >= 0.3 is 0 Å². The molecule has 0 N–H and O–H groups in total. The molecule has 0 aliphatic carbocycles. The van der Waals surface area contributed by atoms with E-state index in [0.29, 0.717) is 21.5 Å². The molecule has 18 heavy (non-hydrogen) atoms. The van der Waals surface area contributed by atoms with Gasteiger partial charge in [0.25, 0.3) is 5.78 Å². The highest BCUT2D eigenvalue weighted by Crippen LogP contribution is 2.34. The number of rotatable bonds is 1. The highest BCUT2D eigenvalue weighted by atomic mass is 35.5. The van der Waals surface area contributed by atoms with Gasteiger partial charge in [-0.3, -0.25) is 0 Å². The fourth-order valence-electron chi connectivity index (χ4n) is 1.67. The molecule has 3 aromatic rings. The lowest BCUT2D eigenvalue weighted by Gasteiger charge is -2.07. The molecule has 0 aliphatic heterocycles. The number of benzene rings is 1. The molecule has 2 aromatic heterocycles. The van der Waals surface area contributed by atoms with E-state index >= 15 is 0 Å². The zero-order valence-corrected chi connectivity index (χ0v) is 11.1. The van der Waals surface area contributed by atoms with Crippen molar-refractivity contribution in [3.05, 3.63) is 45.9 Å². The van der Waals surface area contributed by atoms with Crippen molar-refractivity contribution in [3.63, 3.8) is 0 Å². The summed E-state index contributed by atoms with van der Waals surface area (Å²) in [6.07, 6.45) is 1.37. The van der Waals surface area contributed by atoms with E-state index < -0.39 is 0 Å². The monoisotopic (exact) mass is 298 g/mol. The Kier molecular flexibility index (Phi) is 2.86. The van der Waals surface area contributed by atoms with Crippen LogP contribution in [0.3, 0.4) is 0 Å². The number of nitrogens with zero attached hydrogens (tertiary/aromatic N) is 4. The highest BCUT2D eigenvalue weighted by Gasteiger charge is 2.15. The van der Waals surface area contributed by atoms with Gasteiger partial charge in [0.15, 0.2) is 0 Å². The summed E-state index contributed by atoms with van der Waals surface area (Å²) < 4.78 is 1.42. The Labute approximate surface area is 117 Å². The van der Waals surface area contributed by atoms with Crippen LogP contribution < -0.4 is 0 Å². The first-order valence-electron chi connectivity index (χ1n) is 4.97. The second-order valence-corrected chi connectivity index (χ2v) is 4.70. The molecule has 0 fully saturated rings. The van der Waals surface area contributed by atoms with Crippen LogP contribution in [0.25, 0.3) is 16.9 Å². The van der Waals surface area contributed by atoms with Crippen molar-refractivity contribution in [2.75, 3.05) is 0 Å². The van der Waals surface area contributed by atoms with E-state index in [1.165, 1.54) is 10.8 Å². The van der Waals surface area contributed by atoms with Gasteiger partial charge in [0.05, 0.1) is 5.56 Å². The van der Waals surface area contributed by atoms with Crippen LogP contribution in [0, 0.1) is 0 Å². The largest absolute Gasteiger partial charge is 0.255 e. The maximum absolute atomic E-state index is 6.27. The first kappa shape index (κ1) is 11.7. The van der Waals surface area contributed by atoms with Gasteiger partial charge in [-0.25, -0.2) is 0 Å². The fraction of sp³-hybridized carbons (Fsp3) is 0. The molecular formula is C11H5Cl3N4. The molecule has 0 bridgehead atoms. The van der Waals surface area contributed by atoms with Crippen LogP contribution in [0.2, 0.25) is 15.3 Å². The van der Waals surface area contributed by atoms with Crippen LogP contribution in [0.4, 0.5) is 0 Å². The third-order valence-corrected chi connectivity index (χ3v) is 3.30. The van der Waals surface area contributed by atoms with Crippen LogP contribution in [-0.2, 0) is 0 Å². The highest BCUT2D eigenvalue weighted by molar-refractivity contribution is 6.38. The van der Waals surface area contributed by atoms with Crippen molar-refractivity contribution in [2.45, 2.75) is 0 Å². The predicted molar refractivity (Wildman–Crippen MR) is 71.2 cm³/mol. The summed E-state index contributed by atoms with van der Waals surface area (Å²) in [7, 11) is 0. The zero-order chi connectivity index (χ0) is 12.7. The van der Waals surface area contributed by atoms with E-state index in [9.17, 15) is 0 Å². The van der Waals surface area contributed by atoms with E-state index in [2.05, 4.69) is 15.1 Å². The second kappa shape index (κ2) is 4.39. The van der Waals surface area contributed by atoms with Crippen molar-refractivity contribution in [3.8, 4) is 11.1 Å². The first-order chi connectivity index (χ1) is 8.66. The molecule has 7 heteroatoms. The number of aromatic nitrogens is 4. The molecule has 0 radical (unpaired) electrons. The molecule has 3 rings (SSSR count). The van der Waals surface area contributed by atoms with Gasteiger partial charge < -0.3 is 0 Å². The Bertz CT molecular complexity index is 738. The van der Waals surface area contributed by atoms with Crippen molar-refractivity contribution >= 4 is 40.6 Å². The van der Waals surface area contributed by atoms with Gasteiger partial charge in [-0.15, -0.1) is 0 Å². The molecule has 0 unspecified atom stereocenters. The molecule has 0 amide bonds. The minimum absolute atomic E-state index is 0.266.